The van der Waals surface area contributed by atoms with E-state index < -0.39 is 5.54 Å². The van der Waals surface area contributed by atoms with Crippen LogP contribution in [0.1, 0.15) is 37.8 Å². The highest BCUT2D eigenvalue weighted by Gasteiger charge is 2.22. The molecule has 112 valence electrons. The van der Waals surface area contributed by atoms with Crippen LogP contribution in [0, 0.1) is 13.8 Å². The molecule has 1 rings (SSSR count). The standard InChI is InChI=1S/C16H25NO3/c1-5-16(4,11-18)17-15(19)8-9-20-14-7-6-12(2)10-13(14)3/h6-7,10,18H,5,8-9,11H2,1-4H3,(H,17,19). The number of aliphatic hydroxyl groups is 1. The smallest absolute Gasteiger partial charge is 0.223 e. The Bertz CT molecular complexity index is 453. The maximum atomic E-state index is 11.8. The predicted molar refractivity (Wildman–Crippen MR) is 80.0 cm³/mol. The predicted octanol–water partition coefficient (Wildman–Crippen LogP) is 2.35. The van der Waals surface area contributed by atoms with Crippen molar-refractivity contribution in [1.82, 2.24) is 5.32 Å². The van der Waals surface area contributed by atoms with E-state index in [1.165, 1.54) is 5.56 Å². The zero-order valence-electron chi connectivity index (χ0n) is 12.8. The molecule has 1 unspecified atom stereocenters. The summed E-state index contributed by atoms with van der Waals surface area (Å²) in [5.41, 5.74) is 1.71. The van der Waals surface area contributed by atoms with E-state index in [-0.39, 0.29) is 18.9 Å². The monoisotopic (exact) mass is 279 g/mol. The Kier molecular flexibility index (Phi) is 6.02. The second-order valence-electron chi connectivity index (χ2n) is 5.49. The average molecular weight is 279 g/mol. The third kappa shape index (κ3) is 4.85. The molecule has 0 radical (unpaired) electrons. The molecule has 0 saturated heterocycles. The Morgan fingerprint density at radius 1 is 1.40 bits per heavy atom. The van der Waals surface area contributed by atoms with Gasteiger partial charge in [0, 0.05) is 0 Å². The summed E-state index contributed by atoms with van der Waals surface area (Å²) in [6.45, 7) is 8.06. The lowest BCUT2D eigenvalue weighted by Crippen LogP contribution is -2.48. The van der Waals surface area contributed by atoms with Crippen LogP contribution in [0.15, 0.2) is 18.2 Å². The quantitative estimate of drug-likeness (QED) is 0.805. The van der Waals surface area contributed by atoms with E-state index in [1.807, 2.05) is 39.8 Å². The van der Waals surface area contributed by atoms with Gasteiger partial charge in [0.05, 0.1) is 25.2 Å². The zero-order chi connectivity index (χ0) is 15.2. The summed E-state index contributed by atoms with van der Waals surface area (Å²) in [6, 6.07) is 5.96. The van der Waals surface area contributed by atoms with Crippen LogP contribution in [0.3, 0.4) is 0 Å². The van der Waals surface area contributed by atoms with Crippen LogP contribution in [-0.2, 0) is 4.79 Å². The highest BCUT2D eigenvalue weighted by Crippen LogP contribution is 2.18. The van der Waals surface area contributed by atoms with E-state index in [4.69, 9.17) is 4.74 Å². The molecule has 0 saturated carbocycles. The molecule has 0 heterocycles. The summed E-state index contributed by atoms with van der Waals surface area (Å²) in [4.78, 5) is 11.8. The summed E-state index contributed by atoms with van der Waals surface area (Å²) in [5, 5.41) is 12.1. The fourth-order valence-electron chi connectivity index (χ4n) is 1.85. The Labute approximate surface area is 121 Å². The largest absolute Gasteiger partial charge is 0.493 e. The molecular formula is C16H25NO3. The second kappa shape index (κ2) is 7.29. The molecule has 1 aromatic rings. The highest BCUT2D eigenvalue weighted by atomic mass is 16.5. The van der Waals surface area contributed by atoms with E-state index in [1.54, 1.807) is 0 Å². The normalized spacial score (nSPS) is 13.7. The Morgan fingerprint density at radius 3 is 2.65 bits per heavy atom. The average Bonchev–Trinajstić information content (AvgIpc) is 2.41. The van der Waals surface area contributed by atoms with Crippen molar-refractivity contribution in [1.29, 1.82) is 0 Å². The number of hydrogen-bond donors (Lipinski definition) is 2. The van der Waals surface area contributed by atoms with Gasteiger partial charge in [-0.05, 0) is 38.8 Å². The first-order valence-corrected chi connectivity index (χ1v) is 7.02. The number of nitrogens with one attached hydrogen (secondary N) is 1. The molecule has 0 aromatic heterocycles. The molecule has 1 aromatic carbocycles. The minimum atomic E-state index is -0.545. The van der Waals surface area contributed by atoms with Crippen LogP contribution in [-0.4, -0.2) is 29.8 Å². The van der Waals surface area contributed by atoms with Crippen LogP contribution in [0.5, 0.6) is 5.75 Å². The number of carbonyl (C=O) groups is 1. The third-order valence-corrected chi connectivity index (χ3v) is 3.49. The maximum Gasteiger partial charge on any atom is 0.223 e. The minimum Gasteiger partial charge on any atom is -0.493 e. The van der Waals surface area contributed by atoms with Gasteiger partial charge < -0.3 is 15.2 Å². The summed E-state index contributed by atoms with van der Waals surface area (Å²) in [5.74, 6) is 0.706. The van der Waals surface area contributed by atoms with Gasteiger partial charge in [0.1, 0.15) is 5.75 Å². The number of benzene rings is 1. The first kappa shape index (κ1) is 16.5. The van der Waals surface area contributed by atoms with Crippen LogP contribution >= 0.6 is 0 Å². The van der Waals surface area contributed by atoms with Gasteiger partial charge in [-0.2, -0.15) is 0 Å². The van der Waals surface area contributed by atoms with Crippen LogP contribution in [0.2, 0.25) is 0 Å². The molecule has 0 fully saturated rings. The summed E-state index contributed by atoms with van der Waals surface area (Å²) in [7, 11) is 0. The van der Waals surface area contributed by atoms with Gasteiger partial charge in [0.25, 0.3) is 0 Å². The fraction of sp³-hybridized carbons (Fsp3) is 0.562. The van der Waals surface area contributed by atoms with Gasteiger partial charge in [0.2, 0.25) is 5.91 Å². The second-order valence-corrected chi connectivity index (χ2v) is 5.49. The molecule has 0 aliphatic carbocycles. The van der Waals surface area contributed by atoms with E-state index in [9.17, 15) is 9.90 Å². The van der Waals surface area contributed by atoms with Gasteiger partial charge in [-0.15, -0.1) is 0 Å². The van der Waals surface area contributed by atoms with E-state index >= 15 is 0 Å². The van der Waals surface area contributed by atoms with Gasteiger partial charge in [0.15, 0.2) is 0 Å². The minimum absolute atomic E-state index is 0.0623. The van der Waals surface area contributed by atoms with Crippen molar-refractivity contribution in [2.24, 2.45) is 0 Å². The molecule has 4 heteroatoms. The molecule has 0 bridgehead atoms. The molecule has 1 atom stereocenters. The molecule has 0 aliphatic rings. The lowest BCUT2D eigenvalue weighted by Gasteiger charge is -2.27. The number of aryl methyl sites for hydroxylation is 2. The number of carbonyl (C=O) groups excluding carboxylic acids is 1. The van der Waals surface area contributed by atoms with Gasteiger partial charge >= 0.3 is 0 Å². The molecule has 4 nitrogen and oxygen atoms in total. The van der Waals surface area contributed by atoms with Gasteiger partial charge in [-0.25, -0.2) is 0 Å². The van der Waals surface area contributed by atoms with Crippen molar-refractivity contribution in [3.8, 4) is 5.75 Å². The molecule has 20 heavy (non-hydrogen) atoms. The van der Waals surface area contributed by atoms with E-state index in [0.717, 1.165) is 11.3 Å². The van der Waals surface area contributed by atoms with E-state index in [2.05, 4.69) is 11.4 Å². The Hall–Kier alpha value is -1.55. The molecule has 0 aliphatic heterocycles. The fourth-order valence-corrected chi connectivity index (χ4v) is 1.85. The third-order valence-electron chi connectivity index (χ3n) is 3.49. The maximum absolute atomic E-state index is 11.8. The Balaban J connectivity index is 2.42. The molecule has 2 N–H and O–H groups in total. The van der Waals surface area contributed by atoms with Crippen molar-refractivity contribution < 1.29 is 14.6 Å². The van der Waals surface area contributed by atoms with Crippen LogP contribution in [0.25, 0.3) is 0 Å². The Morgan fingerprint density at radius 2 is 2.10 bits per heavy atom. The summed E-state index contributed by atoms with van der Waals surface area (Å²) >= 11 is 0. The number of ether oxygens (including phenoxy) is 1. The zero-order valence-corrected chi connectivity index (χ0v) is 12.8. The van der Waals surface area contributed by atoms with Crippen LogP contribution in [0.4, 0.5) is 0 Å². The number of amides is 1. The summed E-state index contributed by atoms with van der Waals surface area (Å²) < 4.78 is 5.62. The van der Waals surface area contributed by atoms with Crippen molar-refractivity contribution in [2.75, 3.05) is 13.2 Å². The molecule has 0 spiro atoms. The number of hydrogen-bond acceptors (Lipinski definition) is 3. The first-order chi connectivity index (χ1) is 9.40. The highest BCUT2D eigenvalue weighted by molar-refractivity contribution is 5.76. The van der Waals surface area contributed by atoms with Crippen molar-refractivity contribution >= 4 is 5.91 Å². The SMILES string of the molecule is CCC(C)(CO)NC(=O)CCOc1ccc(C)cc1C. The lowest BCUT2D eigenvalue weighted by atomic mass is 10.0. The van der Waals surface area contributed by atoms with Crippen molar-refractivity contribution in [3.63, 3.8) is 0 Å². The topological polar surface area (TPSA) is 58.6 Å². The van der Waals surface area contributed by atoms with Gasteiger partial charge in [-0.3, -0.25) is 4.79 Å². The molecular weight excluding hydrogens is 254 g/mol. The molecule has 1 amide bonds. The first-order valence-electron chi connectivity index (χ1n) is 7.02. The van der Waals surface area contributed by atoms with Gasteiger partial charge in [-0.1, -0.05) is 24.6 Å². The van der Waals surface area contributed by atoms with Crippen molar-refractivity contribution in [2.45, 2.75) is 46.1 Å². The van der Waals surface area contributed by atoms with Crippen molar-refractivity contribution in [3.05, 3.63) is 29.3 Å². The lowest BCUT2D eigenvalue weighted by molar-refractivity contribution is -0.123. The summed E-state index contributed by atoms with van der Waals surface area (Å²) in [6.07, 6.45) is 0.968. The number of aliphatic hydroxyl groups excluding tert-OH is 1. The van der Waals surface area contributed by atoms with Crippen LogP contribution < -0.4 is 10.1 Å². The van der Waals surface area contributed by atoms with E-state index in [0.29, 0.717) is 13.0 Å². The number of rotatable bonds is 7.